The highest BCUT2D eigenvalue weighted by Gasteiger charge is 2.33. The SMILES string of the molecule is Nc1nccc(-c2c(-c3ccc(F)cc3)ncn2CCCNCC(O)(Cn2cncn2)c2ccc(F)cc2F)n1. The third-order valence-electron chi connectivity index (χ3n) is 6.36. The Labute approximate surface area is 227 Å². The number of benzene rings is 2. The molecule has 0 bridgehead atoms. The number of nitrogens with one attached hydrogen (secondary N) is 1. The minimum atomic E-state index is -1.72. The largest absolute Gasteiger partial charge is 0.382 e. The normalized spacial score (nSPS) is 12.9. The summed E-state index contributed by atoms with van der Waals surface area (Å²) in [5.41, 5.74) is 6.62. The van der Waals surface area contributed by atoms with Crippen LogP contribution in [0.5, 0.6) is 0 Å². The molecule has 206 valence electrons. The number of rotatable bonds is 11. The van der Waals surface area contributed by atoms with Crippen molar-refractivity contribution in [2.24, 2.45) is 0 Å². The molecular weight excluding hydrogens is 523 g/mol. The molecule has 0 saturated carbocycles. The van der Waals surface area contributed by atoms with E-state index < -0.39 is 17.2 Å². The van der Waals surface area contributed by atoms with Crippen molar-refractivity contribution in [3.63, 3.8) is 0 Å². The highest BCUT2D eigenvalue weighted by atomic mass is 19.1. The average Bonchev–Trinajstić information content (AvgIpc) is 3.59. The molecule has 4 N–H and O–H groups in total. The lowest BCUT2D eigenvalue weighted by Crippen LogP contribution is -2.43. The van der Waals surface area contributed by atoms with Gasteiger partial charge in [0.25, 0.3) is 0 Å². The van der Waals surface area contributed by atoms with Crippen LogP contribution in [0.4, 0.5) is 19.1 Å². The van der Waals surface area contributed by atoms with E-state index in [1.807, 2.05) is 4.57 Å². The van der Waals surface area contributed by atoms with Crippen molar-refractivity contribution in [2.75, 3.05) is 18.8 Å². The standard InChI is InChI=1S/C27H26F3N9O/c28-19-4-2-18(3-5-19)24-25(23-8-10-34-26(31)37-23)38(17-35-24)11-1-9-32-13-27(40,14-39-16-33-15-36-39)21-7-6-20(29)12-22(21)30/h2-8,10,12,15-17,32,40H,1,9,11,13-14H2,(H2,31,34,37). The first-order valence-electron chi connectivity index (χ1n) is 12.4. The predicted molar refractivity (Wildman–Crippen MR) is 141 cm³/mol. The van der Waals surface area contributed by atoms with Crippen LogP contribution in [0.1, 0.15) is 12.0 Å². The number of imidazole rings is 1. The van der Waals surface area contributed by atoms with Crippen molar-refractivity contribution < 1.29 is 18.3 Å². The first-order chi connectivity index (χ1) is 19.3. The van der Waals surface area contributed by atoms with Gasteiger partial charge in [0.05, 0.1) is 30.0 Å². The molecular formula is C27H26F3N9O. The first kappa shape index (κ1) is 27.0. The van der Waals surface area contributed by atoms with Gasteiger partial charge in [-0.15, -0.1) is 0 Å². The predicted octanol–water partition coefficient (Wildman–Crippen LogP) is 3.17. The molecule has 0 aliphatic rings. The van der Waals surface area contributed by atoms with Crippen LogP contribution in [-0.4, -0.2) is 52.5 Å². The molecule has 40 heavy (non-hydrogen) atoms. The minimum Gasteiger partial charge on any atom is -0.382 e. The molecule has 1 atom stereocenters. The zero-order valence-electron chi connectivity index (χ0n) is 21.3. The summed E-state index contributed by atoms with van der Waals surface area (Å²) in [6, 6.07) is 10.8. The van der Waals surface area contributed by atoms with Gasteiger partial charge in [0.2, 0.25) is 5.95 Å². The van der Waals surface area contributed by atoms with Crippen LogP contribution in [0.3, 0.4) is 0 Å². The van der Waals surface area contributed by atoms with E-state index in [2.05, 4.69) is 30.4 Å². The third kappa shape index (κ3) is 6.00. The van der Waals surface area contributed by atoms with Gasteiger partial charge in [-0.25, -0.2) is 37.8 Å². The zero-order valence-corrected chi connectivity index (χ0v) is 21.3. The van der Waals surface area contributed by atoms with Crippen LogP contribution >= 0.6 is 0 Å². The molecule has 0 radical (unpaired) electrons. The molecule has 3 aromatic heterocycles. The maximum Gasteiger partial charge on any atom is 0.220 e. The zero-order chi connectivity index (χ0) is 28.1. The number of hydrogen-bond acceptors (Lipinski definition) is 8. The number of nitrogen functional groups attached to an aromatic ring is 1. The van der Waals surface area contributed by atoms with Crippen LogP contribution in [0, 0.1) is 17.5 Å². The summed E-state index contributed by atoms with van der Waals surface area (Å²) in [5, 5.41) is 18.6. The maximum absolute atomic E-state index is 14.6. The average molecular weight is 550 g/mol. The molecule has 10 nitrogen and oxygen atoms in total. The van der Waals surface area contributed by atoms with Crippen molar-refractivity contribution in [1.82, 2.24) is 39.6 Å². The Kier molecular flexibility index (Phi) is 7.84. The van der Waals surface area contributed by atoms with Gasteiger partial charge in [0.1, 0.15) is 35.7 Å². The Morgan fingerprint density at radius 2 is 1.77 bits per heavy atom. The Balaban J connectivity index is 1.31. The van der Waals surface area contributed by atoms with Crippen molar-refractivity contribution >= 4 is 5.95 Å². The number of hydrogen-bond donors (Lipinski definition) is 3. The summed E-state index contributed by atoms with van der Waals surface area (Å²) < 4.78 is 45.0. The van der Waals surface area contributed by atoms with Crippen molar-refractivity contribution in [2.45, 2.75) is 25.1 Å². The lowest BCUT2D eigenvalue weighted by atomic mass is 9.92. The van der Waals surface area contributed by atoms with Crippen LogP contribution in [0.15, 0.2) is 73.7 Å². The Morgan fingerprint density at radius 3 is 2.50 bits per heavy atom. The molecule has 0 fully saturated rings. The van der Waals surface area contributed by atoms with Crippen molar-refractivity contribution in [3.05, 3.63) is 96.7 Å². The number of nitrogens with zero attached hydrogens (tertiary/aromatic N) is 7. The van der Waals surface area contributed by atoms with E-state index in [0.29, 0.717) is 42.2 Å². The van der Waals surface area contributed by atoms with Gasteiger partial charge in [-0.05, 0) is 49.4 Å². The van der Waals surface area contributed by atoms with E-state index in [1.165, 1.54) is 35.5 Å². The number of anilines is 1. The van der Waals surface area contributed by atoms with Gasteiger partial charge < -0.3 is 20.7 Å². The number of aromatic nitrogens is 7. The maximum atomic E-state index is 14.6. The van der Waals surface area contributed by atoms with Gasteiger partial charge in [-0.1, -0.05) is 6.07 Å². The summed E-state index contributed by atoms with van der Waals surface area (Å²) in [5.74, 6) is -1.84. The quantitative estimate of drug-likeness (QED) is 0.214. The van der Waals surface area contributed by atoms with Crippen LogP contribution in [0.2, 0.25) is 0 Å². The van der Waals surface area contributed by atoms with Crippen LogP contribution in [0.25, 0.3) is 22.6 Å². The van der Waals surface area contributed by atoms with Crippen molar-refractivity contribution in [3.8, 4) is 22.6 Å². The van der Waals surface area contributed by atoms with E-state index in [4.69, 9.17) is 5.73 Å². The summed E-state index contributed by atoms with van der Waals surface area (Å²) >= 11 is 0. The molecule has 2 aromatic carbocycles. The number of aliphatic hydroxyl groups is 1. The summed E-state index contributed by atoms with van der Waals surface area (Å²) in [4.78, 5) is 16.7. The Hall–Kier alpha value is -4.62. The second-order valence-electron chi connectivity index (χ2n) is 9.22. The topological polar surface area (TPSA) is 133 Å². The lowest BCUT2D eigenvalue weighted by Gasteiger charge is -2.29. The molecule has 5 aromatic rings. The molecule has 1 unspecified atom stereocenters. The van der Waals surface area contributed by atoms with Gasteiger partial charge in [-0.2, -0.15) is 5.10 Å². The van der Waals surface area contributed by atoms with E-state index in [-0.39, 0.29) is 30.4 Å². The Morgan fingerprint density at radius 1 is 0.975 bits per heavy atom. The first-order valence-corrected chi connectivity index (χ1v) is 12.4. The smallest absolute Gasteiger partial charge is 0.220 e. The molecule has 0 aliphatic heterocycles. The molecule has 5 rings (SSSR count). The van der Waals surface area contributed by atoms with E-state index in [0.717, 1.165) is 12.1 Å². The summed E-state index contributed by atoms with van der Waals surface area (Å²) in [6.45, 7) is 0.824. The fourth-order valence-electron chi connectivity index (χ4n) is 4.50. The molecule has 0 amide bonds. The number of halogens is 3. The highest BCUT2D eigenvalue weighted by molar-refractivity contribution is 5.77. The molecule has 0 spiro atoms. The molecule has 3 heterocycles. The monoisotopic (exact) mass is 549 g/mol. The fraction of sp³-hybridized carbons (Fsp3) is 0.222. The second kappa shape index (κ2) is 11.6. The summed E-state index contributed by atoms with van der Waals surface area (Å²) in [6.07, 6.45) is 6.53. The van der Waals surface area contributed by atoms with E-state index in [9.17, 15) is 18.3 Å². The van der Waals surface area contributed by atoms with Gasteiger partial charge in [0.15, 0.2) is 0 Å². The van der Waals surface area contributed by atoms with Gasteiger partial charge in [0, 0.05) is 36.5 Å². The van der Waals surface area contributed by atoms with Crippen LogP contribution < -0.4 is 11.1 Å². The lowest BCUT2D eigenvalue weighted by molar-refractivity contribution is 0.0121. The highest BCUT2D eigenvalue weighted by Crippen LogP contribution is 2.31. The third-order valence-corrected chi connectivity index (χ3v) is 6.36. The fourth-order valence-corrected chi connectivity index (χ4v) is 4.50. The number of aryl methyl sites for hydroxylation is 1. The summed E-state index contributed by atoms with van der Waals surface area (Å²) in [7, 11) is 0. The van der Waals surface area contributed by atoms with Crippen molar-refractivity contribution in [1.29, 1.82) is 0 Å². The minimum absolute atomic E-state index is 0.0323. The Bertz CT molecular complexity index is 1570. The molecule has 13 heteroatoms. The van der Waals surface area contributed by atoms with E-state index >= 15 is 0 Å². The second-order valence-corrected chi connectivity index (χ2v) is 9.22. The molecule has 0 aliphatic carbocycles. The van der Waals surface area contributed by atoms with E-state index in [1.54, 1.807) is 30.7 Å². The van der Waals surface area contributed by atoms with Gasteiger partial charge >= 0.3 is 0 Å². The number of nitrogens with two attached hydrogens (primary N) is 1. The molecule has 0 saturated heterocycles. The van der Waals surface area contributed by atoms with Gasteiger partial charge in [-0.3, -0.25) is 0 Å². The van der Waals surface area contributed by atoms with Crippen LogP contribution in [-0.2, 0) is 18.7 Å².